The largest absolute Gasteiger partial charge is 0.504 e. The van der Waals surface area contributed by atoms with Gasteiger partial charge in [-0.2, -0.15) is 0 Å². The third-order valence-corrected chi connectivity index (χ3v) is 4.58. The van der Waals surface area contributed by atoms with Crippen molar-refractivity contribution >= 4 is 46.3 Å². The Balaban J connectivity index is 1.90. The molecule has 1 aliphatic heterocycles. The fourth-order valence-electron chi connectivity index (χ4n) is 2.32. The van der Waals surface area contributed by atoms with Crippen molar-refractivity contribution in [1.82, 2.24) is 0 Å². The van der Waals surface area contributed by atoms with Crippen LogP contribution in [0.5, 0.6) is 11.5 Å². The number of hydrogen-bond donors (Lipinski definition) is 1. The second kappa shape index (κ2) is 7.21. The summed E-state index contributed by atoms with van der Waals surface area (Å²) in [7, 11) is 0. The second-order valence-corrected chi connectivity index (χ2v) is 6.58. The van der Waals surface area contributed by atoms with Crippen molar-refractivity contribution in [3.63, 3.8) is 0 Å². The molecule has 0 aliphatic carbocycles. The van der Waals surface area contributed by atoms with Crippen LogP contribution in [0.2, 0.25) is 5.02 Å². The zero-order valence-corrected chi connectivity index (χ0v) is 14.8. The van der Waals surface area contributed by atoms with Crippen LogP contribution in [-0.2, 0) is 4.79 Å². The summed E-state index contributed by atoms with van der Waals surface area (Å²) >= 11 is 6.70. The first-order valence-electron chi connectivity index (χ1n) is 7.49. The lowest BCUT2D eigenvalue weighted by Gasteiger charge is -2.12. The molecule has 2 aromatic rings. The van der Waals surface area contributed by atoms with Gasteiger partial charge in [-0.1, -0.05) is 17.7 Å². The highest BCUT2D eigenvalue weighted by Gasteiger charge is 2.36. The van der Waals surface area contributed by atoms with E-state index in [4.69, 9.17) is 16.3 Å². The lowest BCUT2D eigenvalue weighted by molar-refractivity contribution is -0.113. The highest BCUT2D eigenvalue weighted by Crippen LogP contribution is 2.37. The number of carbonyl (C=O) groups excluding carboxylic acids is 2. The minimum Gasteiger partial charge on any atom is -0.504 e. The molecule has 1 heterocycles. The number of aromatic hydroxyl groups is 1. The first kappa shape index (κ1) is 17.4. The number of phenols is 1. The van der Waals surface area contributed by atoms with Gasteiger partial charge in [-0.25, -0.2) is 4.90 Å². The summed E-state index contributed by atoms with van der Waals surface area (Å²) in [5.74, 6) is -0.0511. The number of imide groups is 1. The van der Waals surface area contributed by atoms with Gasteiger partial charge in [-0.15, -0.1) is 0 Å². The Morgan fingerprint density at radius 2 is 1.92 bits per heavy atom. The first-order chi connectivity index (χ1) is 12.0. The van der Waals surface area contributed by atoms with Crippen molar-refractivity contribution < 1.29 is 19.4 Å². The summed E-state index contributed by atoms with van der Waals surface area (Å²) in [5, 5.41) is 9.90. The molecule has 7 heteroatoms. The molecule has 0 aromatic heterocycles. The first-order valence-corrected chi connectivity index (χ1v) is 8.68. The number of rotatable bonds is 4. The number of phenolic OH excluding ortho intramolecular Hbond substituents is 1. The molecule has 2 aromatic carbocycles. The summed E-state index contributed by atoms with van der Waals surface area (Å²) < 4.78 is 5.33. The number of ether oxygens (including phenoxy) is 1. The SMILES string of the molecule is CCOc1cc(C=C2SC(=O)N(c3ccc(Cl)cc3)C2=O)ccc1O. The minimum absolute atomic E-state index is 0.0215. The molecule has 0 spiro atoms. The van der Waals surface area contributed by atoms with E-state index in [1.54, 1.807) is 42.5 Å². The molecule has 1 saturated heterocycles. The van der Waals surface area contributed by atoms with Gasteiger partial charge in [0.25, 0.3) is 11.1 Å². The van der Waals surface area contributed by atoms with E-state index in [2.05, 4.69) is 0 Å². The Morgan fingerprint density at radius 3 is 2.60 bits per heavy atom. The van der Waals surface area contributed by atoms with Crippen LogP contribution < -0.4 is 9.64 Å². The Bertz CT molecular complexity index is 864. The van der Waals surface area contributed by atoms with E-state index in [0.717, 1.165) is 16.7 Å². The molecule has 128 valence electrons. The molecule has 0 bridgehead atoms. The quantitative estimate of drug-likeness (QED) is 0.785. The van der Waals surface area contributed by atoms with E-state index in [1.807, 2.05) is 6.92 Å². The van der Waals surface area contributed by atoms with Gasteiger partial charge in [0.05, 0.1) is 17.2 Å². The standard InChI is InChI=1S/C18H14ClNO4S/c1-2-24-15-9-11(3-8-14(15)21)10-16-17(22)20(18(23)25-16)13-6-4-12(19)5-7-13/h3-10,21H,2H2,1H3. The molecule has 2 amide bonds. The van der Waals surface area contributed by atoms with Crippen molar-refractivity contribution in [3.05, 3.63) is 58.0 Å². The van der Waals surface area contributed by atoms with Crippen molar-refractivity contribution in [2.45, 2.75) is 6.92 Å². The normalized spacial score (nSPS) is 15.9. The molecule has 5 nitrogen and oxygen atoms in total. The molecule has 0 saturated carbocycles. The summed E-state index contributed by atoms with van der Waals surface area (Å²) in [5.41, 5.74) is 1.12. The van der Waals surface area contributed by atoms with Crippen LogP contribution in [0.3, 0.4) is 0 Å². The smallest absolute Gasteiger partial charge is 0.298 e. The van der Waals surface area contributed by atoms with Crippen LogP contribution in [0, 0.1) is 0 Å². The predicted molar refractivity (Wildman–Crippen MR) is 99.2 cm³/mol. The number of halogens is 1. The van der Waals surface area contributed by atoms with Gasteiger partial charge < -0.3 is 9.84 Å². The third kappa shape index (κ3) is 3.65. The van der Waals surface area contributed by atoms with Crippen molar-refractivity contribution in [1.29, 1.82) is 0 Å². The molecule has 0 unspecified atom stereocenters. The second-order valence-electron chi connectivity index (χ2n) is 5.15. The molecule has 1 N–H and O–H groups in total. The predicted octanol–water partition coefficient (Wildman–Crippen LogP) is 4.69. The molecular formula is C18H14ClNO4S. The maximum atomic E-state index is 12.6. The molecule has 0 atom stereocenters. The van der Waals surface area contributed by atoms with Gasteiger partial charge in [-0.3, -0.25) is 9.59 Å². The van der Waals surface area contributed by atoms with E-state index in [0.29, 0.717) is 33.5 Å². The zero-order valence-electron chi connectivity index (χ0n) is 13.2. The summed E-state index contributed by atoms with van der Waals surface area (Å²) in [6, 6.07) is 11.2. The lowest BCUT2D eigenvalue weighted by atomic mass is 10.2. The molecular weight excluding hydrogens is 362 g/mol. The average molecular weight is 376 g/mol. The Hall–Kier alpha value is -2.44. The fraction of sp³-hybridized carbons (Fsp3) is 0.111. The van der Waals surface area contributed by atoms with Gasteiger partial charge in [0.2, 0.25) is 0 Å². The molecule has 0 radical (unpaired) electrons. The van der Waals surface area contributed by atoms with Gasteiger partial charge in [-0.05, 0) is 66.7 Å². The Kier molecular flexibility index (Phi) is 5.01. The van der Waals surface area contributed by atoms with Gasteiger partial charge in [0.1, 0.15) is 0 Å². The van der Waals surface area contributed by atoms with Crippen LogP contribution in [0.1, 0.15) is 12.5 Å². The van der Waals surface area contributed by atoms with E-state index >= 15 is 0 Å². The molecule has 1 aliphatic rings. The maximum Gasteiger partial charge on any atom is 0.298 e. The van der Waals surface area contributed by atoms with Gasteiger partial charge >= 0.3 is 0 Å². The lowest BCUT2D eigenvalue weighted by Crippen LogP contribution is -2.27. The maximum absolute atomic E-state index is 12.6. The minimum atomic E-state index is -0.400. The number of anilines is 1. The van der Waals surface area contributed by atoms with Crippen LogP contribution in [0.4, 0.5) is 10.5 Å². The Labute approximate surface area is 153 Å². The third-order valence-electron chi connectivity index (χ3n) is 3.46. The van der Waals surface area contributed by atoms with Crippen LogP contribution >= 0.6 is 23.4 Å². The summed E-state index contributed by atoms with van der Waals surface area (Å²) in [6.45, 7) is 2.22. The summed E-state index contributed by atoms with van der Waals surface area (Å²) in [6.07, 6.45) is 1.60. The average Bonchev–Trinajstić information content (AvgIpc) is 2.86. The molecule has 3 rings (SSSR count). The van der Waals surface area contributed by atoms with E-state index in [9.17, 15) is 14.7 Å². The van der Waals surface area contributed by atoms with Crippen molar-refractivity contribution in [2.75, 3.05) is 11.5 Å². The van der Waals surface area contributed by atoms with Crippen LogP contribution in [0.25, 0.3) is 6.08 Å². The number of benzene rings is 2. The van der Waals surface area contributed by atoms with E-state index in [-0.39, 0.29) is 11.0 Å². The summed E-state index contributed by atoms with van der Waals surface area (Å²) in [4.78, 5) is 26.2. The Morgan fingerprint density at radius 1 is 1.20 bits per heavy atom. The van der Waals surface area contributed by atoms with Crippen molar-refractivity contribution in [2.24, 2.45) is 0 Å². The van der Waals surface area contributed by atoms with Crippen LogP contribution in [-0.4, -0.2) is 22.9 Å². The fourth-order valence-corrected chi connectivity index (χ4v) is 3.29. The number of thioether (sulfide) groups is 1. The van der Waals surface area contributed by atoms with E-state index < -0.39 is 5.91 Å². The van der Waals surface area contributed by atoms with E-state index in [1.165, 1.54) is 6.07 Å². The molecule has 25 heavy (non-hydrogen) atoms. The number of carbonyl (C=O) groups is 2. The van der Waals surface area contributed by atoms with Gasteiger partial charge in [0.15, 0.2) is 11.5 Å². The number of amides is 2. The topological polar surface area (TPSA) is 66.8 Å². The highest BCUT2D eigenvalue weighted by molar-refractivity contribution is 8.19. The monoisotopic (exact) mass is 375 g/mol. The van der Waals surface area contributed by atoms with Crippen LogP contribution in [0.15, 0.2) is 47.4 Å². The van der Waals surface area contributed by atoms with Crippen molar-refractivity contribution in [3.8, 4) is 11.5 Å². The van der Waals surface area contributed by atoms with Gasteiger partial charge in [0, 0.05) is 5.02 Å². The zero-order chi connectivity index (χ0) is 18.0. The highest BCUT2D eigenvalue weighted by atomic mass is 35.5. The molecule has 1 fully saturated rings. The number of hydrogen-bond acceptors (Lipinski definition) is 5. The number of nitrogens with zero attached hydrogens (tertiary/aromatic N) is 1.